The molecule has 0 saturated carbocycles. The first-order valence-electron chi connectivity index (χ1n) is 7.22. The molecule has 3 unspecified atom stereocenters. The predicted octanol–water partition coefficient (Wildman–Crippen LogP) is 0.241. The van der Waals surface area contributed by atoms with E-state index in [2.05, 4.69) is 0 Å². The topological polar surface area (TPSA) is 121 Å². The lowest BCUT2D eigenvalue weighted by Gasteiger charge is -2.36. The van der Waals surface area contributed by atoms with Crippen LogP contribution in [0.15, 0.2) is 0 Å². The normalized spacial score (nSPS) is 23.9. The molecule has 120 valence electrons. The first-order valence-corrected chi connectivity index (χ1v) is 7.22. The number of carboxylic acids is 2. The molecule has 0 spiro atoms. The number of carbonyl (C=O) groups is 3. The van der Waals surface area contributed by atoms with Crippen molar-refractivity contribution in [2.75, 3.05) is 19.6 Å². The SMILES string of the molecule is CC(C)CC(CN)C(=O)N1CCC(C(=O)O)C(C(=O)O)C1. The molecule has 1 saturated heterocycles. The number of hydrogen-bond donors (Lipinski definition) is 3. The van der Waals surface area contributed by atoms with Gasteiger partial charge >= 0.3 is 11.9 Å². The lowest BCUT2D eigenvalue weighted by molar-refractivity contribution is -0.159. The predicted molar refractivity (Wildman–Crippen MR) is 75.4 cm³/mol. The Hall–Kier alpha value is -1.63. The van der Waals surface area contributed by atoms with Crippen LogP contribution in [0.4, 0.5) is 0 Å². The first kappa shape index (κ1) is 17.4. The molecule has 0 aromatic heterocycles. The van der Waals surface area contributed by atoms with Crippen molar-refractivity contribution in [1.29, 1.82) is 0 Å². The van der Waals surface area contributed by atoms with Crippen molar-refractivity contribution in [1.82, 2.24) is 4.90 Å². The average Bonchev–Trinajstić information content (AvgIpc) is 2.42. The summed E-state index contributed by atoms with van der Waals surface area (Å²) >= 11 is 0. The summed E-state index contributed by atoms with van der Waals surface area (Å²) in [6, 6.07) is 0. The molecule has 1 rings (SSSR count). The van der Waals surface area contributed by atoms with Crippen LogP contribution >= 0.6 is 0 Å². The number of carbonyl (C=O) groups excluding carboxylic acids is 1. The van der Waals surface area contributed by atoms with Crippen LogP contribution in [0, 0.1) is 23.7 Å². The number of carboxylic acid groups (broad SMARTS) is 2. The minimum absolute atomic E-state index is 0.0558. The Morgan fingerprint density at radius 3 is 2.19 bits per heavy atom. The van der Waals surface area contributed by atoms with E-state index in [1.54, 1.807) is 0 Å². The second-order valence-electron chi connectivity index (χ2n) is 6.02. The zero-order chi connectivity index (χ0) is 16.2. The van der Waals surface area contributed by atoms with E-state index in [-0.39, 0.29) is 37.9 Å². The average molecular weight is 300 g/mol. The highest BCUT2D eigenvalue weighted by Gasteiger charge is 2.41. The summed E-state index contributed by atoms with van der Waals surface area (Å²) in [4.78, 5) is 36.2. The van der Waals surface area contributed by atoms with Gasteiger partial charge in [-0.05, 0) is 18.8 Å². The molecule has 0 aromatic rings. The molecule has 4 N–H and O–H groups in total. The minimum Gasteiger partial charge on any atom is -0.481 e. The molecule has 1 heterocycles. The van der Waals surface area contributed by atoms with Crippen LogP contribution in [0.2, 0.25) is 0 Å². The summed E-state index contributed by atoms with van der Waals surface area (Å²) in [5, 5.41) is 18.2. The van der Waals surface area contributed by atoms with Gasteiger partial charge in [0.1, 0.15) is 0 Å². The molecule has 1 aliphatic rings. The van der Waals surface area contributed by atoms with Crippen LogP contribution in [-0.2, 0) is 14.4 Å². The molecule has 0 bridgehead atoms. The van der Waals surface area contributed by atoms with Crippen LogP contribution in [0.25, 0.3) is 0 Å². The quantitative estimate of drug-likeness (QED) is 0.646. The largest absolute Gasteiger partial charge is 0.481 e. The Bertz CT molecular complexity index is 410. The van der Waals surface area contributed by atoms with Gasteiger partial charge in [0.25, 0.3) is 0 Å². The van der Waals surface area contributed by atoms with E-state index in [0.717, 1.165) is 0 Å². The molecule has 0 aromatic carbocycles. The molecule has 3 atom stereocenters. The van der Waals surface area contributed by atoms with E-state index in [4.69, 9.17) is 10.8 Å². The highest BCUT2D eigenvalue weighted by atomic mass is 16.4. The summed E-state index contributed by atoms with van der Waals surface area (Å²) in [6.45, 7) is 4.42. The maximum absolute atomic E-state index is 12.4. The Labute approximate surface area is 124 Å². The molecule has 1 aliphatic heterocycles. The van der Waals surface area contributed by atoms with Gasteiger partial charge in [-0.3, -0.25) is 14.4 Å². The van der Waals surface area contributed by atoms with Crippen molar-refractivity contribution >= 4 is 17.8 Å². The fraction of sp³-hybridized carbons (Fsp3) is 0.786. The molecule has 7 heteroatoms. The fourth-order valence-corrected chi connectivity index (χ4v) is 2.82. The molecule has 21 heavy (non-hydrogen) atoms. The van der Waals surface area contributed by atoms with Crippen LogP contribution in [0.5, 0.6) is 0 Å². The molecule has 0 radical (unpaired) electrons. The Morgan fingerprint density at radius 2 is 1.76 bits per heavy atom. The van der Waals surface area contributed by atoms with Crippen LogP contribution in [-0.4, -0.2) is 52.6 Å². The highest BCUT2D eigenvalue weighted by molar-refractivity contribution is 5.83. The minimum atomic E-state index is -1.17. The van der Waals surface area contributed by atoms with Crippen molar-refractivity contribution in [3.63, 3.8) is 0 Å². The van der Waals surface area contributed by atoms with Gasteiger partial charge in [-0.1, -0.05) is 13.8 Å². The summed E-state index contributed by atoms with van der Waals surface area (Å²) < 4.78 is 0. The maximum Gasteiger partial charge on any atom is 0.309 e. The van der Waals surface area contributed by atoms with Gasteiger partial charge in [0, 0.05) is 19.6 Å². The summed E-state index contributed by atoms with van der Waals surface area (Å²) in [5.74, 6) is -4.47. The van der Waals surface area contributed by atoms with Crippen molar-refractivity contribution in [3.05, 3.63) is 0 Å². The van der Waals surface area contributed by atoms with Crippen molar-refractivity contribution in [2.24, 2.45) is 29.4 Å². The van der Waals surface area contributed by atoms with E-state index >= 15 is 0 Å². The van der Waals surface area contributed by atoms with Gasteiger partial charge in [0.15, 0.2) is 0 Å². The third kappa shape index (κ3) is 4.42. The Kier molecular flexibility index (Phi) is 6.14. The van der Waals surface area contributed by atoms with Crippen molar-refractivity contribution < 1.29 is 24.6 Å². The zero-order valence-corrected chi connectivity index (χ0v) is 12.5. The summed E-state index contributed by atoms with van der Waals surface area (Å²) in [6.07, 6.45) is 0.808. The molecule has 0 aliphatic carbocycles. The summed E-state index contributed by atoms with van der Waals surface area (Å²) in [7, 11) is 0. The number of nitrogens with two attached hydrogens (primary N) is 1. The van der Waals surface area contributed by atoms with Crippen LogP contribution < -0.4 is 5.73 Å². The highest BCUT2D eigenvalue weighted by Crippen LogP contribution is 2.26. The molecule has 1 amide bonds. The number of aliphatic carboxylic acids is 2. The van der Waals surface area contributed by atoms with Gasteiger partial charge in [-0.2, -0.15) is 0 Å². The lowest BCUT2D eigenvalue weighted by Crippen LogP contribution is -2.51. The van der Waals surface area contributed by atoms with E-state index in [1.165, 1.54) is 4.90 Å². The Morgan fingerprint density at radius 1 is 1.19 bits per heavy atom. The molecular formula is C14H24N2O5. The fourth-order valence-electron chi connectivity index (χ4n) is 2.82. The van der Waals surface area contributed by atoms with E-state index < -0.39 is 23.8 Å². The number of hydrogen-bond acceptors (Lipinski definition) is 4. The number of piperidine rings is 1. The zero-order valence-electron chi connectivity index (χ0n) is 12.5. The monoisotopic (exact) mass is 300 g/mol. The van der Waals surface area contributed by atoms with Crippen molar-refractivity contribution in [2.45, 2.75) is 26.7 Å². The van der Waals surface area contributed by atoms with E-state index in [9.17, 15) is 19.5 Å². The van der Waals surface area contributed by atoms with Gasteiger partial charge in [0.05, 0.1) is 17.8 Å². The second kappa shape index (κ2) is 7.40. The lowest BCUT2D eigenvalue weighted by atomic mass is 9.84. The van der Waals surface area contributed by atoms with Crippen LogP contribution in [0.3, 0.4) is 0 Å². The molecule has 1 fully saturated rings. The first-order chi connectivity index (χ1) is 9.77. The second-order valence-corrected chi connectivity index (χ2v) is 6.02. The number of likely N-dealkylation sites (tertiary alicyclic amines) is 1. The molecular weight excluding hydrogens is 276 g/mol. The van der Waals surface area contributed by atoms with E-state index in [1.807, 2.05) is 13.8 Å². The van der Waals surface area contributed by atoms with E-state index in [0.29, 0.717) is 12.3 Å². The van der Waals surface area contributed by atoms with Crippen LogP contribution in [0.1, 0.15) is 26.7 Å². The number of amides is 1. The number of nitrogens with zero attached hydrogens (tertiary/aromatic N) is 1. The van der Waals surface area contributed by atoms with Gasteiger partial charge in [0.2, 0.25) is 5.91 Å². The standard InChI is InChI=1S/C14H24N2O5/c1-8(2)5-9(6-15)12(17)16-4-3-10(13(18)19)11(7-16)14(20)21/h8-11H,3-7,15H2,1-2H3,(H,18,19)(H,20,21). The molecule has 7 nitrogen and oxygen atoms in total. The third-order valence-electron chi connectivity index (χ3n) is 3.95. The maximum atomic E-state index is 12.4. The smallest absolute Gasteiger partial charge is 0.309 e. The van der Waals surface area contributed by atoms with Gasteiger partial charge in [-0.25, -0.2) is 0 Å². The van der Waals surface area contributed by atoms with Crippen molar-refractivity contribution in [3.8, 4) is 0 Å². The summed E-state index contributed by atoms with van der Waals surface area (Å²) in [5.41, 5.74) is 5.64. The Balaban J connectivity index is 2.79. The number of rotatable bonds is 6. The third-order valence-corrected chi connectivity index (χ3v) is 3.95. The van der Waals surface area contributed by atoms with Gasteiger partial charge < -0.3 is 20.8 Å². The van der Waals surface area contributed by atoms with Gasteiger partial charge in [-0.15, -0.1) is 0 Å².